The number of pyridine rings is 1. The third-order valence-electron chi connectivity index (χ3n) is 6.49. The Hall–Kier alpha value is -3.77. The van der Waals surface area contributed by atoms with E-state index in [9.17, 15) is 18.8 Å². The molecule has 0 bridgehead atoms. The minimum absolute atomic E-state index is 0.00488. The van der Waals surface area contributed by atoms with Crippen LogP contribution in [0.25, 0.3) is 17.0 Å². The van der Waals surface area contributed by atoms with Crippen molar-refractivity contribution in [1.82, 2.24) is 19.8 Å². The van der Waals surface area contributed by atoms with E-state index in [4.69, 9.17) is 23.2 Å². The summed E-state index contributed by atoms with van der Waals surface area (Å²) in [7, 11) is 0. The summed E-state index contributed by atoms with van der Waals surface area (Å²) in [4.78, 5) is 19.4. The van der Waals surface area contributed by atoms with Gasteiger partial charge in [0.1, 0.15) is 16.8 Å². The topological polar surface area (TPSA) is 74.0 Å². The summed E-state index contributed by atoms with van der Waals surface area (Å²) in [5.74, 6) is -1.44. The average Bonchev–Trinajstić information content (AvgIpc) is 3.21. The van der Waals surface area contributed by atoms with E-state index in [1.54, 1.807) is 41.1 Å². The molecular formula is C28H21Cl2F2N5O. The lowest BCUT2D eigenvalue weighted by atomic mass is 10.0. The van der Waals surface area contributed by atoms with Crippen LogP contribution < -0.4 is 5.32 Å². The highest BCUT2D eigenvalue weighted by atomic mass is 35.5. The van der Waals surface area contributed by atoms with Gasteiger partial charge >= 0.3 is 6.03 Å². The van der Waals surface area contributed by atoms with Gasteiger partial charge in [-0.25, -0.2) is 18.6 Å². The van der Waals surface area contributed by atoms with Gasteiger partial charge in [0.25, 0.3) is 0 Å². The third-order valence-corrected chi connectivity index (χ3v) is 6.91. The van der Waals surface area contributed by atoms with Crippen molar-refractivity contribution >= 4 is 46.2 Å². The predicted octanol–water partition coefficient (Wildman–Crippen LogP) is 6.32. The lowest BCUT2D eigenvalue weighted by molar-refractivity contribution is 0.240. The predicted molar refractivity (Wildman–Crippen MR) is 143 cm³/mol. The van der Waals surface area contributed by atoms with Crippen LogP contribution in [0, 0.1) is 23.0 Å². The van der Waals surface area contributed by atoms with Crippen molar-refractivity contribution in [3.8, 4) is 6.07 Å². The molecule has 0 unspecified atom stereocenters. The number of amides is 1. The number of nitrogens with zero attached hydrogens (tertiary/aromatic N) is 4. The van der Waals surface area contributed by atoms with Crippen LogP contribution in [0.3, 0.4) is 0 Å². The maximum atomic E-state index is 14.1. The highest BCUT2D eigenvalue weighted by Gasteiger charge is 2.26. The van der Waals surface area contributed by atoms with E-state index < -0.39 is 11.6 Å². The Bertz CT molecular complexity index is 1600. The van der Waals surface area contributed by atoms with Crippen LogP contribution in [-0.2, 0) is 19.5 Å². The molecule has 1 amide bonds. The summed E-state index contributed by atoms with van der Waals surface area (Å²) < 4.78 is 29.9. The van der Waals surface area contributed by atoms with Gasteiger partial charge in [-0.3, -0.25) is 9.47 Å². The lowest BCUT2D eigenvalue weighted by Crippen LogP contribution is -2.34. The fourth-order valence-corrected chi connectivity index (χ4v) is 5.10. The van der Waals surface area contributed by atoms with Crippen molar-refractivity contribution in [3.63, 3.8) is 0 Å². The highest BCUT2D eigenvalue weighted by molar-refractivity contribution is 6.30. The van der Waals surface area contributed by atoms with Gasteiger partial charge in [0.05, 0.1) is 17.1 Å². The molecule has 4 aromatic rings. The van der Waals surface area contributed by atoms with Crippen LogP contribution >= 0.6 is 23.2 Å². The van der Waals surface area contributed by atoms with Gasteiger partial charge in [-0.2, -0.15) is 5.26 Å². The first-order valence-electron chi connectivity index (χ1n) is 11.8. The van der Waals surface area contributed by atoms with Crippen LogP contribution in [0.5, 0.6) is 0 Å². The second kappa shape index (κ2) is 10.9. The van der Waals surface area contributed by atoms with Crippen LogP contribution in [0.1, 0.15) is 27.9 Å². The molecule has 1 N–H and O–H groups in total. The Labute approximate surface area is 227 Å². The first kappa shape index (κ1) is 25.9. The van der Waals surface area contributed by atoms with Crippen LogP contribution in [-0.4, -0.2) is 33.6 Å². The smallest absolute Gasteiger partial charge is 0.326 e. The summed E-state index contributed by atoms with van der Waals surface area (Å²) in [6.07, 6.45) is 5.28. The van der Waals surface area contributed by atoms with Crippen molar-refractivity contribution in [2.45, 2.75) is 19.5 Å². The molecule has 0 saturated heterocycles. The highest BCUT2D eigenvalue weighted by Crippen LogP contribution is 2.32. The molecule has 0 atom stereocenters. The molecule has 1 aliphatic rings. The number of fused-ring (bicyclic) bond motifs is 3. The molecule has 192 valence electrons. The number of rotatable bonds is 5. The van der Waals surface area contributed by atoms with Crippen molar-refractivity contribution < 1.29 is 13.6 Å². The number of nitrogens with one attached hydrogen (secondary N) is 1. The zero-order valence-electron chi connectivity index (χ0n) is 20.0. The molecule has 38 heavy (non-hydrogen) atoms. The number of carbonyl (C=O) groups is 1. The monoisotopic (exact) mass is 551 g/mol. The first-order chi connectivity index (χ1) is 18.3. The zero-order valence-corrected chi connectivity index (χ0v) is 21.5. The number of nitriles is 1. The summed E-state index contributed by atoms with van der Waals surface area (Å²) >= 11 is 11.7. The van der Waals surface area contributed by atoms with E-state index in [0.29, 0.717) is 42.3 Å². The minimum Gasteiger partial charge on any atom is -0.333 e. The van der Waals surface area contributed by atoms with E-state index in [-0.39, 0.29) is 23.2 Å². The van der Waals surface area contributed by atoms with Crippen LogP contribution in [0.4, 0.5) is 13.6 Å². The second-order valence-electron chi connectivity index (χ2n) is 8.92. The average molecular weight is 552 g/mol. The summed E-state index contributed by atoms with van der Waals surface area (Å²) in [6.45, 7) is 1.90. The van der Waals surface area contributed by atoms with Gasteiger partial charge in [-0.1, -0.05) is 41.4 Å². The Morgan fingerprint density at radius 3 is 2.68 bits per heavy atom. The van der Waals surface area contributed by atoms with Gasteiger partial charge in [0.15, 0.2) is 0 Å². The largest absolute Gasteiger partial charge is 0.333 e. The molecule has 0 radical (unpaired) electrons. The number of halogens is 4. The quantitative estimate of drug-likeness (QED) is 0.294. The minimum atomic E-state index is -0.719. The molecule has 6 nitrogen and oxygen atoms in total. The standard InChI is InChI=1S/C28H21Cl2F2N5O/c29-19-12-23(31)21(24(32)13-19)2-1-8-36-9-6-25-22(16-36)20-4-3-17(14-33)10-26(20)37(25)28(38)35-15-18-5-7-34-27(30)11-18/h1-5,7,10-13H,6,8-9,15-16H2,(H,35,38). The summed E-state index contributed by atoms with van der Waals surface area (Å²) in [5, 5.41) is 13.6. The molecule has 2 aromatic heterocycles. The van der Waals surface area contributed by atoms with E-state index in [0.717, 1.165) is 34.3 Å². The molecule has 0 fully saturated rings. The van der Waals surface area contributed by atoms with Gasteiger partial charge in [0.2, 0.25) is 0 Å². The number of benzene rings is 2. The van der Waals surface area contributed by atoms with E-state index >= 15 is 0 Å². The van der Waals surface area contributed by atoms with Gasteiger partial charge in [-0.05, 0) is 47.5 Å². The summed E-state index contributed by atoms with van der Waals surface area (Å²) in [5.41, 5.74) is 3.63. The first-order valence-corrected chi connectivity index (χ1v) is 12.6. The Morgan fingerprint density at radius 1 is 1.16 bits per heavy atom. The Morgan fingerprint density at radius 2 is 1.95 bits per heavy atom. The van der Waals surface area contributed by atoms with E-state index in [1.165, 1.54) is 6.08 Å². The summed E-state index contributed by atoms with van der Waals surface area (Å²) in [6, 6.07) is 12.8. The maximum Gasteiger partial charge on any atom is 0.326 e. The fraction of sp³-hybridized carbons (Fsp3) is 0.179. The fourth-order valence-electron chi connectivity index (χ4n) is 4.71. The maximum absolute atomic E-state index is 14.1. The van der Waals surface area contributed by atoms with Crippen LogP contribution in [0.2, 0.25) is 10.2 Å². The molecule has 0 spiro atoms. The number of carbonyl (C=O) groups excluding carboxylic acids is 1. The molecule has 0 saturated carbocycles. The molecule has 2 aromatic carbocycles. The van der Waals surface area contributed by atoms with Gasteiger partial charge in [0, 0.05) is 60.5 Å². The van der Waals surface area contributed by atoms with Crippen molar-refractivity contribution in [1.29, 1.82) is 5.26 Å². The zero-order chi connectivity index (χ0) is 26.8. The lowest BCUT2D eigenvalue weighted by Gasteiger charge is -2.27. The van der Waals surface area contributed by atoms with E-state index in [2.05, 4.69) is 21.3 Å². The molecule has 10 heteroatoms. The molecular weight excluding hydrogens is 531 g/mol. The Balaban J connectivity index is 1.40. The number of hydrogen-bond acceptors (Lipinski definition) is 4. The van der Waals surface area contributed by atoms with Gasteiger partial charge in [-0.15, -0.1) is 0 Å². The van der Waals surface area contributed by atoms with Crippen LogP contribution in [0.15, 0.2) is 54.7 Å². The SMILES string of the molecule is N#Cc1ccc2c3c(n(C(=O)NCc4ccnc(Cl)c4)c2c1)CCN(CC=Cc1c(F)cc(Cl)cc1F)C3. The molecule has 5 rings (SSSR count). The van der Waals surface area contributed by atoms with Gasteiger partial charge < -0.3 is 5.32 Å². The molecule has 3 heterocycles. The number of aromatic nitrogens is 2. The van der Waals surface area contributed by atoms with Crippen molar-refractivity contribution in [2.75, 3.05) is 13.1 Å². The van der Waals surface area contributed by atoms with Crippen molar-refractivity contribution in [3.05, 3.63) is 104 Å². The third kappa shape index (κ3) is 5.27. The normalized spacial score (nSPS) is 13.6. The second-order valence-corrected chi connectivity index (χ2v) is 9.74. The van der Waals surface area contributed by atoms with Crippen molar-refractivity contribution in [2.24, 2.45) is 0 Å². The Kier molecular flexibility index (Phi) is 7.43. The van der Waals surface area contributed by atoms with E-state index in [1.807, 2.05) is 6.07 Å². The number of hydrogen-bond donors (Lipinski definition) is 1. The molecule has 0 aliphatic carbocycles. The molecule has 1 aliphatic heterocycles.